The maximum Gasteiger partial charge on any atom is 0.176 e. The topological polar surface area (TPSA) is 28.7 Å². The Labute approximate surface area is 105 Å². The predicted molar refractivity (Wildman–Crippen MR) is 69.3 cm³/mol. The van der Waals surface area contributed by atoms with Crippen LogP contribution in [0.5, 0.6) is 0 Å². The number of nitrogens with one attached hydrogen (secondary N) is 1. The summed E-state index contributed by atoms with van der Waals surface area (Å²) in [6.07, 6.45) is 4.02. The summed E-state index contributed by atoms with van der Waals surface area (Å²) in [5.74, 6) is 1.73. The molecular weight excluding hydrogens is 236 g/mol. The fourth-order valence-corrected chi connectivity index (χ4v) is 5.08. The Morgan fingerprint density at radius 2 is 2.19 bits per heavy atom. The second kappa shape index (κ2) is 3.16. The third-order valence-electron chi connectivity index (χ3n) is 5.18. The van der Waals surface area contributed by atoms with Crippen molar-refractivity contribution in [1.29, 1.82) is 0 Å². The van der Waals surface area contributed by atoms with Crippen molar-refractivity contribution in [1.82, 2.24) is 10.2 Å². The third-order valence-corrected chi connectivity index (χ3v) is 6.55. The van der Waals surface area contributed by atoms with E-state index in [0.717, 1.165) is 15.8 Å². The van der Waals surface area contributed by atoms with Crippen molar-refractivity contribution in [3.63, 3.8) is 0 Å². The molecule has 88 valence electrons. The molecule has 1 heterocycles. The molecule has 3 fully saturated rings. The summed E-state index contributed by atoms with van der Waals surface area (Å²) in [6, 6.07) is 0. The van der Waals surface area contributed by atoms with Gasteiger partial charge in [0.2, 0.25) is 0 Å². The van der Waals surface area contributed by atoms with Gasteiger partial charge in [-0.3, -0.25) is 5.10 Å². The van der Waals surface area contributed by atoms with Crippen LogP contribution in [0, 0.1) is 21.2 Å². The number of aromatic nitrogens is 2. The normalized spacial score (nSPS) is 40.4. The van der Waals surface area contributed by atoms with Gasteiger partial charge in [-0.25, -0.2) is 0 Å². The molecule has 1 aromatic rings. The summed E-state index contributed by atoms with van der Waals surface area (Å²) in [5, 5.41) is 8.61. The molecule has 1 N–H and O–H groups in total. The van der Waals surface area contributed by atoms with Crippen molar-refractivity contribution in [2.45, 2.75) is 45.4 Å². The lowest BCUT2D eigenvalue weighted by Gasteiger charge is -2.63. The minimum Gasteiger partial charge on any atom is -0.258 e. The van der Waals surface area contributed by atoms with Crippen molar-refractivity contribution in [3.05, 3.63) is 8.96 Å². The lowest BCUT2D eigenvalue weighted by Crippen LogP contribution is -2.58. The van der Waals surface area contributed by atoms with E-state index in [-0.39, 0.29) is 5.41 Å². The molecule has 3 aliphatic carbocycles. The first-order chi connectivity index (χ1) is 7.44. The summed E-state index contributed by atoms with van der Waals surface area (Å²) in [7, 11) is 0. The molecule has 4 heteroatoms. The van der Waals surface area contributed by atoms with Gasteiger partial charge in [0.05, 0.1) is 0 Å². The molecule has 3 atom stereocenters. The van der Waals surface area contributed by atoms with Crippen LogP contribution in [-0.2, 0) is 5.41 Å². The SMILES string of the molecule is CC1(c2n[nH]c(=S)s2)CCC2CC1C2(C)C. The van der Waals surface area contributed by atoms with Crippen LogP contribution in [0.4, 0.5) is 0 Å². The second-order valence-electron chi connectivity index (χ2n) is 6.18. The maximum absolute atomic E-state index is 5.16. The summed E-state index contributed by atoms with van der Waals surface area (Å²) in [5.41, 5.74) is 0.761. The molecule has 0 radical (unpaired) electrons. The smallest absolute Gasteiger partial charge is 0.176 e. The molecule has 1 aromatic heterocycles. The van der Waals surface area contributed by atoms with Crippen LogP contribution in [-0.4, -0.2) is 10.2 Å². The molecule has 2 bridgehead atoms. The van der Waals surface area contributed by atoms with E-state index in [1.807, 2.05) is 0 Å². The van der Waals surface area contributed by atoms with Crippen LogP contribution < -0.4 is 0 Å². The van der Waals surface area contributed by atoms with E-state index < -0.39 is 0 Å². The van der Waals surface area contributed by atoms with Crippen LogP contribution in [0.15, 0.2) is 0 Å². The number of hydrogen-bond donors (Lipinski definition) is 1. The van der Waals surface area contributed by atoms with Gasteiger partial charge < -0.3 is 0 Å². The zero-order valence-corrected chi connectivity index (χ0v) is 11.7. The number of hydrogen-bond acceptors (Lipinski definition) is 3. The molecule has 0 saturated heterocycles. The van der Waals surface area contributed by atoms with E-state index in [4.69, 9.17) is 12.2 Å². The minimum absolute atomic E-state index is 0.260. The van der Waals surface area contributed by atoms with Crippen molar-refractivity contribution < 1.29 is 0 Å². The predicted octanol–water partition coefficient (Wildman–Crippen LogP) is 3.91. The summed E-state index contributed by atoms with van der Waals surface area (Å²) in [4.78, 5) is 0. The Balaban J connectivity index is 2.02. The number of nitrogens with zero attached hydrogens (tertiary/aromatic N) is 1. The number of fused-ring (bicyclic) bond motifs is 2. The van der Waals surface area contributed by atoms with Crippen LogP contribution in [0.25, 0.3) is 0 Å². The Hall–Kier alpha value is -0.220. The van der Waals surface area contributed by atoms with E-state index in [0.29, 0.717) is 5.41 Å². The summed E-state index contributed by atoms with van der Waals surface area (Å²) >= 11 is 6.83. The van der Waals surface area contributed by atoms with E-state index in [2.05, 4.69) is 31.0 Å². The summed E-state index contributed by atoms with van der Waals surface area (Å²) in [6.45, 7) is 7.24. The van der Waals surface area contributed by atoms with E-state index in [9.17, 15) is 0 Å². The first-order valence-electron chi connectivity index (χ1n) is 6.00. The molecule has 3 aliphatic rings. The fourth-order valence-electron chi connectivity index (χ4n) is 3.97. The highest BCUT2D eigenvalue weighted by Crippen LogP contribution is 2.66. The Bertz CT molecular complexity index is 471. The molecule has 0 spiro atoms. The highest BCUT2D eigenvalue weighted by molar-refractivity contribution is 7.73. The van der Waals surface area contributed by atoms with Crippen LogP contribution >= 0.6 is 23.6 Å². The van der Waals surface area contributed by atoms with Crippen molar-refractivity contribution >= 4 is 23.6 Å². The largest absolute Gasteiger partial charge is 0.258 e. The first-order valence-corrected chi connectivity index (χ1v) is 7.23. The molecule has 16 heavy (non-hydrogen) atoms. The molecule has 0 aliphatic heterocycles. The van der Waals surface area contributed by atoms with Gasteiger partial charge >= 0.3 is 0 Å². The fraction of sp³-hybridized carbons (Fsp3) is 0.833. The van der Waals surface area contributed by atoms with Crippen molar-refractivity contribution in [3.8, 4) is 0 Å². The molecule has 2 nitrogen and oxygen atoms in total. The first kappa shape index (κ1) is 10.9. The van der Waals surface area contributed by atoms with E-state index in [1.54, 1.807) is 11.3 Å². The second-order valence-corrected chi connectivity index (χ2v) is 7.85. The van der Waals surface area contributed by atoms with Gasteiger partial charge in [0.1, 0.15) is 5.01 Å². The number of rotatable bonds is 1. The van der Waals surface area contributed by atoms with Crippen molar-refractivity contribution in [2.75, 3.05) is 0 Å². The lowest BCUT2D eigenvalue weighted by molar-refractivity contribution is -0.116. The zero-order valence-electron chi connectivity index (χ0n) is 10.0. The standard InChI is InChI=1S/C12H18N2S2/c1-11(2)7-4-5-12(3,8(11)6-7)9-13-14-10(15)16-9/h7-8H,4-6H2,1-3H3,(H,14,15). The monoisotopic (exact) mass is 254 g/mol. The Morgan fingerprint density at radius 1 is 1.44 bits per heavy atom. The molecule has 3 saturated carbocycles. The molecule has 3 unspecified atom stereocenters. The van der Waals surface area contributed by atoms with Crippen molar-refractivity contribution in [2.24, 2.45) is 17.3 Å². The molecule has 0 aromatic carbocycles. The van der Waals surface area contributed by atoms with Gasteiger partial charge in [0.15, 0.2) is 3.95 Å². The van der Waals surface area contributed by atoms with Gasteiger partial charge in [-0.15, -0.1) is 0 Å². The average molecular weight is 254 g/mol. The van der Waals surface area contributed by atoms with Crippen LogP contribution in [0.2, 0.25) is 0 Å². The quantitative estimate of drug-likeness (QED) is 0.770. The van der Waals surface area contributed by atoms with Gasteiger partial charge in [-0.2, -0.15) is 5.10 Å². The van der Waals surface area contributed by atoms with Gasteiger partial charge in [-0.05, 0) is 48.7 Å². The maximum atomic E-state index is 5.16. The van der Waals surface area contributed by atoms with Gasteiger partial charge in [0.25, 0.3) is 0 Å². The summed E-state index contributed by atoms with van der Waals surface area (Å²) < 4.78 is 0.815. The highest BCUT2D eigenvalue weighted by atomic mass is 32.1. The van der Waals surface area contributed by atoms with Gasteiger partial charge in [-0.1, -0.05) is 32.1 Å². The Morgan fingerprint density at radius 3 is 2.69 bits per heavy atom. The molecule has 4 rings (SSSR count). The van der Waals surface area contributed by atoms with Crippen LogP contribution in [0.1, 0.15) is 45.0 Å². The third kappa shape index (κ3) is 1.23. The van der Waals surface area contributed by atoms with Crippen LogP contribution in [0.3, 0.4) is 0 Å². The molecular formula is C12H18N2S2. The minimum atomic E-state index is 0.260. The zero-order chi connectivity index (χ0) is 11.6. The number of H-pyrrole nitrogens is 1. The lowest BCUT2D eigenvalue weighted by atomic mass is 9.41. The number of aromatic amines is 1. The van der Waals surface area contributed by atoms with E-state index >= 15 is 0 Å². The molecule has 0 amide bonds. The highest BCUT2D eigenvalue weighted by Gasteiger charge is 2.60. The van der Waals surface area contributed by atoms with E-state index in [1.165, 1.54) is 24.3 Å². The van der Waals surface area contributed by atoms with Gasteiger partial charge in [0, 0.05) is 5.41 Å². The average Bonchev–Trinajstić information content (AvgIpc) is 2.65. The Kier molecular flexibility index (Phi) is 2.16.